The number of ether oxygens (including phenoxy) is 2. The molecule has 8 nitrogen and oxygen atoms in total. The maximum Gasteiger partial charge on any atom is 0.230 e. The zero-order chi connectivity index (χ0) is 21.8. The predicted molar refractivity (Wildman–Crippen MR) is 120 cm³/mol. The number of nitrogens with two attached hydrogens (primary N) is 1. The second-order valence-corrected chi connectivity index (χ2v) is 8.18. The van der Waals surface area contributed by atoms with Gasteiger partial charge in [0.15, 0.2) is 5.82 Å². The molecule has 1 aliphatic carbocycles. The van der Waals surface area contributed by atoms with E-state index in [0.29, 0.717) is 28.0 Å². The smallest absolute Gasteiger partial charge is 0.230 e. The molecule has 9 heteroatoms. The molecular weight excluding hydrogens is 414 g/mol. The average Bonchev–Trinajstić information content (AvgIpc) is 3.17. The van der Waals surface area contributed by atoms with E-state index in [0.717, 1.165) is 19.3 Å². The minimum atomic E-state index is -0.0571. The normalized spacial score (nSPS) is 15.2. The number of hydrogen-bond acceptors (Lipinski definition) is 7. The lowest BCUT2D eigenvalue weighted by Gasteiger charge is -2.26. The summed E-state index contributed by atoms with van der Waals surface area (Å²) >= 11 is 1.25. The number of rotatable bonds is 7. The Hall–Kier alpha value is -3.20. The number of fused-ring (bicyclic) bond motifs is 1. The van der Waals surface area contributed by atoms with Crippen molar-refractivity contribution in [1.82, 2.24) is 20.2 Å². The number of carbonyl (C=O) groups is 1. The van der Waals surface area contributed by atoms with Gasteiger partial charge in [0.2, 0.25) is 11.1 Å². The third-order valence-corrected chi connectivity index (χ3v) is 6.29. The van der Waals surface area contributed by atoms with Gasteiger partial charge in [-0.1, -0.05) is 36.0 Å². The quantitative estimate of drug-likeness (QED) is 0.431. The van der Waals surface area contributed by atoms with E-state index in [-0.39, 0.29) is 17.7 Å². The fourth-order valence-corrected chi connectivity index (χ4v) is 4.48. The van der Waals surface area contributed by atoms with Crippen LogP contribution in [0.1, 0.15) is 30.0 Å². The first kappa shape index (κ1) is 21.0. The number of carbonyl (C=O) groups excluding carboxylic acids is 1. The number of thioether (sulfide) groups is 1. The number of nitrogens with zero attached hydrogens (tertiary/aromatic N) is 3. The lowest BCUT2D eigenvalue weighted by molar-refractivity contribution is -0.119. The fourth-order valence-electron chi connectivity index (χ4n) is 3.81. The molecule has 4 rings (SSSR count). The van der Waals surface area contributed by atoms with Crippen LogP contribution in [-0.4, -0.2) is 40.8 Å². The van der Waals surface area contributed by atoms with Gasteiger partial charge in [-0.15, -0.1) is 10.2 Å². The van der Waals surface area contributed by atoms with E-state index in [1.807, 2.05) is 18.2 Å². The van der Waals surface area contributed by atoms with Crippen molar-refractivity contribution in [2.75, 3.05) is 25.8 Å². The molecule has 0 fully saturated rings. The summed E-state index contributed by atoms with van der Waals surface area (Å²) in [4.78, 5) is 12.6. The van der Waals surface area contributed by atoms with E-state index in [4.69, 9.17) is 15.3 Å². The monoisotopic (exact) mass is 439 g/mol. The van der Waals surface area contributed by atoms with Gasteiger partial charge in [-0.05, 0) is 42.5 Å². The molecular formula is C22H25N5O3S. The van der Waals surface area contributed by atoms with Crippen LogP contribution >= 0.6 is 11.8 Å². The number of nitrogen functional groups attached to an aromatic ring is 1. The molecule has 1 heterocycles. The Bertz CT molecular complexity index is 1080. The summed E-state index contributed by atoms with van der Waals surface area (Å²) in [6, 6.07) is 13.7. The summed E-state index contributed by atoms with van der Waals surface area (Å²) in [5.41, 5.74) is 3.21. The van der Waals surface area contributed by atoms with E-state index in [1.165, 1.54) is 27.6 Å². The highest BCUT2D eigenvalue weighted by molar-refractivity contribution is 7.99. The lowest BCUT2D eigenvalue weighted by Crippen LogP contribution is -2.32. The van der Waals surface area contributed by atoms with Gasteiger partial charge >= 0.3 is 0 Å². The second kappa shape index (κ2) is 9.30. The summed E-state index contributed by atoms with van der Waals surface area (Å²) in [7, 11) is 3.16. The molecule has 0 bridgehead atoms. The van der Waals surface area contributed by atoms with Gasteiger partial charge in [-0.2, -0.15) is 0 Å². The van der Waals surface area contributed by atoms with Gasteiger partial charge in [0, 0.05) is 6.07 Å². The largest absolute Gasteiger partial charge is 0.497 e. The zero-order valence-corrected chi connectivity index (χ0v) is 18.3. The van der Waals surface area contributed by atoms with Crippen LogP contribution in [-0.2, 0) is 11.2 Å². The molecule has 31 heavy (non-hydrogen) atoms. The zero-order valence-electron chi connectivity index (χ0n) is 17.5. The van der Waals surface area contributed by atoms with Crippen LogP contribution in [0.15, 0.2) is 47.6 Å². The number of nitrogens with one attached hydrogen (secondary N) is 1. The minimum absolute atomic E-state index is 0.0490. The minimum Gasteiger partial charge on any atom is -0.497 e. The Balaban J connectivity index is 1.43. The molecule has 2 aromatic carbocycles. The molecule has 3 N–H and O–H groups in total. The molecule has 1 atom stereocenters. The van der Waals surface area contributed by atoms with E-state index < -0.39 is 0 Å². The maximum absolute atomic E-state index is 12.6. The van der Waals surface area contributed by atoms with Crippen LogP contribution in [0.5, 0.6) is 11.5 Å². The summed E-state index contributed by atoms with van der Waals surface area (Å²) in [6.45, 7) is 0. The highest BCUT2D eigenvalue weighted by atomic mass is 32.2. The van der Waals surface area contributed by atoms with Crippen molar-refractivity contribution in [3.05, 3.63) is 53.6 Å². The van der Waals surface area contributed by atoms with Gasteiger partial charge in [0.05, 0.1) is 31.6 Å². The highest BCUT2D eigenvalue weighted by Gasteiger charge is 2.22. The standard InChI is InChI=1S/C22H25N5O3S/c1-29-15-10-11-17(19(12-15)30-2)21-25-26-22(27(21)23)31-13-20(28)24-18-9-5-7-14-6-3-4-8-16(14)18/h3-4,6,8,10-12,18H,5,7,9,13,23H2,1-2H3,(H,24,28)/t18-/m1/s1. The third-order valence-electron chi connectivity index (χ3n) is 5.35. The number of amides is 1. The Morgan fingerprint density at radius 3 is 2.87 bits per heavy atom. The summed E-state index contributed by atoms with van der Waals surface area (Å²) in [5, 5.41) is 11.9. The first-order valence-corrected chi connectivity index (χ1v) is 11.0. The van der Waals surface area contributed by atoms with Crippen LogP contribution in [0, 0.1) is 0 Å². The van der Waals surface area contributed by atoms with E-state index >= 15 is 0 Å². The highest BCUT2D eigenvalue weighted by Crippen LogP contribution is 2.33. The SMILES string of the molecule is COc1ccc(-c2nnc(SCC(=O)N[C@@H]3CCCc4ccccc43)n2N)c(OC)c1. The maximum atomic E-state index is 12.6. The summed E-state index contributed by atoms with van der Waals surface area (Å²) in [6.07, 6.45) is 3.08. The molecule has 3 aromatic rings. The molecule has 1 amide bonds. The van der Waals surface area contributed by atoms with Gasteiger partial charge < -0.3 is 20.6 Å². The number of hydrogen-bond donors (Lipinski definition) is 2. The summed E-state index contributed by atoms with van der Waals surface area (Å²) < 4.78 is 12.0. The van der Waals surface area contributed by atoms with E-state index in [1.54, 1.807) is 26.4 Å². The van der Waals surface area contributed by atoms with Crippen molar-refractivity contribution in [1.29, 1.82) is 0 Å². The Labute approximate surface area is 185 Å². The van der Waals surface area contributed by atoms with Crippen LogP contribution < -0.4 is 20.6 Å². The van der Waals surface area contributed by atoms with E-state index in [2.05, 4.69) is 27.6 Å². The first-order valence-electron chi connectivity index (χ1n) is 10.0. The summed E-state index contributed by atoms with van der Waals surface area (Å²) in [5.74, 6) is 8.05. The van der Waals surface area contributed by atoms with Gasteiger partial charge in [0.25, 0.3) is 0 Å². The van der Waals surface area contributed by atoms with Gasteiger partial charge in [-0.3, -0.25) is 4.79 Å². The first-order chi connectivity index (χ1) is 15.1. The topological polar surface area (TPSA) is 104 Å². The average molecular weight is 440 g/mol. The molecule has 0 spiro atoms. The van der Waals surface area contributed by atoms with Crippen LogP contribution in [0.4, 0.5) is 0 Å². The van der Waals surface area contributed by atoms with Crippen molar-refractivity contribution in [3.8, 4) is 22.9 Å². The fraction of sp³-hybridized carbons (Fsp3) is 0.318. The molecule has 0 aliphatic heterocycles. The Morgan fingerprint density at radius 2 is 2.06 bits per heavy atom. The molecule has 0 radical (unpaired) electrons. The molecule has 1 aromatic heterocycles. The Morgan fingerprint density at radius 1 is 1.23 bits per heavy atom. The number of benzene rings is 2. The van der Waals surface area contributed by atoms with Gasteiger partial charge in [0.1, 0.15) is 11.5 Å². The number of aromatic nitrogens is 3. The molecule has 162 valence electrons. The van der Waals surface area contributed by atoms with Crippen LogP contribution in [0.3, 0.4) is 0 Å². The third kappa shape index (κ3) is 4.46. The Kier molecular flexibility index (Phi) is 6.31. The van der Waals surface area contributed by atoms with Crippen LogP contribution in [0.25, 0.3) is 11.4 Å². The number of aryl methyl sites for hydroxylation is 1. The lowest BCUT2D eigenvalue weighted by atomic mass is 9.88. The second-order valence-electron chi connectivity index (χ2n) is 7.24. The van der Waals surface area contributed by atoms with Gasteiger partial charge in [-0.25, -0.2) is 4.68 Å². The molecule has 0 saturated carbocycles. The number of methoxy groups -OCH3 is 2. The van der Waals surface area contributed by atoms with Crippen molar-refractivity contribution >= 4 is 17.7 Å². The predicted octanol–water partition coefficient (Wildman–Crippen LogP) is 2.96. The van der Waals surface area contributed by atoms with Crippen LogP contribution in [0.2, 0.25) is 0 Å². The van der Waals surface area contributed by atoms with E-state index in [9.17, 15) is 4.79 Å². The van der Waals surface area contributed by atoms with Crippen molar-refractivity contribution in [3.63, 3.8) is 0 Å². The van der Waals surface area contributed by atoms with Crippen molar-refractivity contribution in [2.45, 2.75) is 30.5 Å². The molecule has 0 saturated heterocycles. The molecule has 0 unspecified atom stereocenters. The van der Waals surface area contributed by atoms with Crippen molar-refractivity contribution < 1.29 is 14.3 Å². The molecule has 1 aliphatic rings. The van der Waals surface area contributed by atoms with Crippen molar-refractivity contribution in [2.24, 2.45) is 0 Å².